The van der Waals surface area contributed by atoms with Crippen molar-refractivity contribution < 1.29 is 13.3 Å². The summed E-state index contributed by atoms with van der Waals surface area (Å²) in [6.07, 6.45) is 1.38. The molecule has 1 rings (SSSR count). The predicted octanol–water partition coefficient (Wildman–Crippen LogP) is 2.72. The van der Waals surface area contributed by atoms with Gasteiger partial charge in [-0.15, -0.1) is 0 Å². The largest absolute Gasteiger partial charge is 0.496 e. The van der Waals surface area contributed by atoms with E-state index in [1.165, 1.54) is 31.5 Å². The first-order valence-corrected chi connectivity index (χ1v) is 6.25. The van der Waals surface area contributed by atoms with Crippen molar-refractivity contribution in [1.29, 1.82) is 0 Å². The number of hydrogen-bond donors (Lipinski definition) is 0. The third-order valence-electron chi connectivity index (χ3n) is 2.00. The molecule has 0 spiro atoms. The lowest BCUT2D eigenvalue weighted by Gasteiger charge is -2.13. The van der Waals surface area contributed by atoms with Gasteiger partial charge in [-0.1, -0.05) is 0 Å². The Hall–Kier alpha value is -1.23. The molecule has 0 aromatic heterocycles. The molecule has 0 aliphatic rings. The third kappa shape index (κ3) is 3.93. The van der Waals surface area contributed by atoms with Gasteiger partial charge in [-0.25, -0.2) is 8.60 Å². The lowest BCUT2D eigenvalue weighted by molar-refractivity contribution is 0.413. The molecule has 0 unspecified atom stereocenters. The second-order valence-electron chi connectivity index (χ2n) is 4.48. The summed E-state index contributed by atoms with van der Waals surface area (Å²) in [5, 5.41) is 0. The maximum atomic E-state index is 13.0. The molecule has 3 nitrogen and oxygen atoms in total. The van der Waals surface area contributed by atoms with Crippen molar-refractivity contribution in [3.63, 3.8) is 0 Å². The van der Waals surface area contributed by atoms with Crippen molar-refractivity contribution >= 4 is 17.2 Å². The molecule has 0 N–H and O–H groups in total. The van der Waals surface area contributed by atoms with E-state index < -0.39 is 15.7 Å². The van der Waals surface area contributed by atoms with Crippen molar-refractivity contribution in [2.45, 2.75) is 25.5 Å². The molecule has 0 heterocycles. The van der Waals surface area contributed by atoms with Crippen LogP contribution in [0.5, 0.6) is 5.75 Å². The van der Waals surface area contributed by atoms with Crippen LogP contribution in [0, 0.1) is 5.82 Å². The van der Waals surface area contributed by atoms with Gasteiger partial charge in [0.05, 0.1) is 11.9 Å². The molecule has 0 radical (unpaired) electrons. The zero-order valence-electron chi connectivity index (χ0n) is 10.4. The maximum Gasteiger partial charge on any atom is 0.144 e. The van der Waals surface area contributed by atoms with Crippen LogP contribution in [-0.4, -0.2) is 22.3 Å². The Morgan fingerprint density at radius 1 is 1.41 bits per heavy atom. The molecule has 0 aliphatic heterocycles. The van der Waals surface area contributed by atoms with Gasteiger partial charge in [0.2, 0.25) is 0 Å². The fourth-order valence-corrected chi connectivity index (χ4v) is 1.59. The lowest BCUT2D eigenvalue weighted by atomic mass is 10.2. The minimum atomic E-state index is -1.36. The molecular weight excluding hydrogens is 241 g/mol. The van der Waals surface area contributed by atoms with Crippen LogP contribution in [0.3, 0.4) is 0 Å². The van der Waals surface area contributed by atoms with Gasteiger partial charge >= 0.3 is 0 Å². The highest BCUT2D eigenvalue weighted by atomic mass is 32.2. The van der Waals surface area contributed by atoms with E-state index in [4.69, 9.17) is 4.74 Å². The summed E-state index contributed by atoms with van der Waals surface area (Å²) in [4.78, 5) is 0. The summed E-state index contributed by atoms with van der Waals surface area (Å²) in [7, 11) is 0.128. The minimum absolute atomic E-state index is 0.381. The second kappa shape index (κ2) is 5.40. The van der Waals surface area contributed by atoms with Gasteiger partial charge in [0.1, 0.15) is 22.6 Å². The van der Waals surface area contributed by atoms with Crippen LogP contribution in [0.1, 0.15) is 26.3 Å². The Kier molecular flexibility index (Phi) is 4.40. The Morgan fingerprint density at radius 2 is 2.06 bits per heavy atom. The van der Waals surface area contributed by atoms with E-state index in [1.54, 1.807) is 0 Å². The molecule has 0 amide bonds. The van der Waals surface area contributed by atoms with Crippen LogP contribution < -0.4 is 4.74 Å². The minimum Gasteiger partial charge on any atom is -0.496 e. The fourth-order valence-electron chi connectivity index (χ4n) is 1.07. The van der Waals surface area contributed by atoms with E-state index in [9.17, 15) is 8.60 Å². The molecule has 17 heavy (non-hydrogen) atoms. The van der Waals surface area contributed by atoms with Gasteiger partial charge in [0.15, 0.2) is 0 Å². The molecule has 0 aliphatic carbocycles. The van der Waals surface area contributed by atoms with Crippen molar-refractivity contribution in [3.05, 3.63) is 29.6 Å². The predicted molar refractivity (Wildman–Crippen MR) is 68.4 cm³/mol. The first kappa shape index (κ1) is 13.8. The molecule has 5 heteroatoms. The molecule has 0 saturated heterocycles. The Bertz CT molecular complexity index is 452. The maximum absolute atomic E-state index is 13.0. The number of benzene rings is 1. The van der Waals surface area contributed by atoms with E-state index in [0.29, 0.717) is 11.3 Å². The van der Waals surface area contributed by atoms with Gasteiger partial charge in [0.25, 0.3) is 0 Å². The number of halogens is 1. The number of ether oxygens (including phenoxy) is 1. The zero-order valence-corrected chi connectivity index (χ0v) is 11.2. The number of rotatable bonds is 3. The first-order valence-electron chi connectivity index (χ1n) is 5.14. The SMILES string of the molecule is COc1ccc(F)cc1/C=N/[S@](=O)C(C)(C)C. The van der Waals surface area contributed by atoms with Crippen molar-refractivity contribution in [2.75, 3.05) is 7.11 Å². The topological polar surface area (TPSA) is 38.7 Å². The molecular formula is C12H16FNO2S. The van der Waals surface area contributed by atoms with Gasteiger partial charge in [0, 0.05) is 11.8 Å². The van der Waals surface area contributed by atoms with E-state index in [-0.39, 0.29) is 5.82 Å². The summed E-state index contributed by atoms with van der Waals surface area (Å²) in [5.74, 6) is 0.120. The first-order chi connectivity index (χ1) is 7.84. The third-order valence-corrected chi connectivity index (χ3v) is 3.35. The van der Waals surface area contributed by atoms with Crippen molar-refractivity contribution in [2.24, 2.45) is 4.40 Å². The van der Waals surface area contributed by atoms with Crippen LogP contribution in [0.25, 0.3) is 0 Å². The van der Waals surface area contributed by atoms with Crippen LogP contribution in [0.2, 0.25) is 0 Å². The highest BCUT2D eigenvalue weighted by Crippen LogP contribution is 2.18. The number of methoxy groups -OCH3 is 1. The van der Waals surface area contributed by atoms with E-state index in [0.717, 1.165) is 0 Å². The van der Waals surface area contributed by atoms with Crippen LogP contribution in [0.4, 0.5) is 4.39 Å². The molecule has 0 bridgehead atoms. The highest BCUT2D eigenvalue weighted by molar-refractivity contribution is 7.85. The van der Waals surface area contributed by atoms with Crippen molar-refractivity contribution in [3.8, 4) is 5.75 Å². The monoisotopic (exact) mass is 257 g/mol. The van der Waals surface area contributed by atoms with Crippen LogP contribution >= 0.6 is 0 Å². The highest BCUT2D eigenvalue weighted by Gasteiger charge is 2.18. The summed E-state index contributed by atoms with van der Waals surface area (Å²) in [6, 6.07) is 4.11. The molecule has 0 saturated carbocycles. The normalized spacial score (nSPS) is 13.9. The van der Waals surface area contributed by atoms with E-state index >= 15 is 0 Å². The fraction of sp³-hybridized carbons (Fsp3) is 0.417. The van der Waals surface area contributed by atoms with E-state index in [1.807, 2.05) is 20.8 Å². The molecule has 1 aromatic rings. The zero-order chi connectivity index (χ0) is 13.1. The standard InChI is InChI=1S/C12H16FNO2S/c1-12(2,3)17(15)14-8-9-7-10(13)5-6-11(9)16-4/h5-8H,1-4H3/b14-8+/t17-/m1/s1. The molecule has 0 fully saturated rings. The molecule has 94 valence electrons. The summed E-state index contributed by atoms with van der Waals surface area (Å²) >= 11 is 0. The molecule has 1 atom stereocenters. The quantitative estimate of drug-likeness (QED) is 0.781. The summed E-state index contributed by atoms with van der Waals surface area (Å²) in [6.45, 7) is 5.47. The molecule has 1 aromatic carbocycles. The summed E-state index contributed by atoms with van der Waals surface area (Å²) in [5.41, 5.74) is 0.477. The lowest BCUT2D eigenvalue weighted by Crippen LogP contribution is -2.19. The Labute approximate surface area is 103 Å². The number of hydrogen-bond acceptors (Lipinski definition) is 2. The van der Waals surface area contributed by atoms with Gasteiger partial charge in [-0.2, -0.15) is 4.40 Å². The van der Waals surface area contributed by atoms with Gasteiger partial charge in [-0.3, -0.25) is 0 Å². The average molecular weight is 257 g/mol. The Morgan fingerprint density at radius 3 is 2.59 bits per heavy atom. The smallest absolute Gasteiger partial charge is 0.144 e. The van der Waals surface area contributed by atoms with Crippen molar-refractivity contribution in [1.82, 2.24) is 0 Å². The summed E-state index contributed by atoms with van der Waals surface area (Å²) < 4.78 is 33.3. The van der Waals surface area contributed by atoms with Crippen LogP contribution in [-0.2, 0) is 11.0 Å². The Balaban J connectivity index is 2.98. The number of nitrogens with zero attached hydrogens (tertiary/aromatic N) is 1. The second-order valence-corrected chi connectivity index (χ2v) is 6.42. The van der Waals surface area contributed by atoms with E-state index in [2.05, 4.69) is 4.40 Å². The van der Waals surface area contributed by atoms with Gasteiger partial charge < -0.3 is 4.74 Å². The van der Waals surface area contributed by atoms with Crippen LogP contribution in [0.15, 0.2) is 22.6 Å². The average Bonchev–Trinajstić information content (AvgIpc) is 2.24. The van der Waals surface area contributed by atoms with Gasteiger partial charge in [-0.05, 0) is 39.0 Å².